The minimum absolute atomic E-state index is 0.404. The summed E-state index contributed by atoms with van der Waals surface area (Å²) in [5.74, 6) is 2.28. The fraction of sp³-hybridized carbons (Fsp3) is 0.273. The minimum Gasteiger partial charge on any atom is -0.496 e. The fourth-order valence-electron chi connectivity index (χ4n) is 1.55. The van der Waals surface area contributed by atoms with Crippen LogP contribution in [0.4, 0.5) is 5.13 Å². The molecule has 7 heteroatoms. The van der Waals surface area contributed by atoms with E-state index in [9.17, 15) is 0 Å². The maximum atomic E-state index is 5.58. The summed E-state index contributed by atoms with van der Waals surface area (Å²) in [5.41, 5.74) is 6.29. The average molecular weight is 267 g/mol. The van der Waals surface area contributed by atoms with E-state index in [-0.39, 0.29) is 0 Å². The molecule has 96 valence electrons. The van der Waals surface area contributed by atoms with E-state index in [1.165, 1.54) is 0 Å². The van der Waals surface area contributed by atoms with E-state index >= 15 is 0 Å². The van der Waals surface area contributed by atoms with Crippen molar-refractivity contribution in [1.82, 2.24) is 9.36 Å². The standard InChI is InChI=1S/C11H13N3O3S/c1-15-7-5-9(17-3)8(16-2)4-6(7)10-13-11(12)18-14-10/h4-5H,1-3H3,(H2,12,13,14). The Hall–Kier alpha value is -2.02. The van der Waals surface area contributed by atoms with Gasteiger partial charge in [0.1, 0.15) is 5.75 Å². The lowest BCUT2D eigenvalue weighted by Gasteiger charge is -2.12. The van der Waals surface area contributed by atoms with Gasteiger partial charge in [-0.15, -0.1) is 0 Å². The smallest absolute Gasteiger partial charge is 0.200 e. The number of benzene rings is 1. The van der Waals surface area contributed by atoms with E-state index in [2.05, 4.69) is 9.36 Å². The van der Waals surface area contributed by atoms with Gasteiger partial charge in [-0.1, -0.05) is 0 Å². The molecule has 0 saturated carbocycles. The van der Waals surface area contributed by atoms with Crippen molar-refractivity contribution in [3.63, 3.8) is 0 Å². The first-order valence-corrected chi connectivity index (χ1v) is 5.86. The van der Waals surface area contributed by atoms with Gasteiger partial charge in [-0.3, -0.25) is 0 Å². The molecule has 6 nitrogen and oxygen atoms in total. The molecule has 0 radical (unpaired) electrons. The molecule has 0 spiro atoms. The van der Waals surface area contributed by atoms with Crippen molar-refractivity contribution in [3.8, 4) is 28.6 Å². The lowest BCUT2D eigenvalue weighted by molar-refractivity contribution is 0.349. The SMILES string of the molecule is COc1cc(OC)c(-c2nsc(N)n2)cc1OC. The van der Waals surface area contributed by atoms with Crippen LogP contribution in [0.5, 0.6) is 17.2 Å². The van der Waals surface area contributed by atoms with Crippen molar-refractivity contribution in [3.05, 3.63) is 12.1 Å². The molecular formula is C11H13N3O3S. The number of aromatic nitrogens is 2. The Balaban J connectivity index is 2.58. The molecule has 0 aliphatic carbocycles. The Bertz CT molecular complexity index is 556. The number of hydrogen-bond donors (Lipinski definition) is 1. The van der Waals surface area contributed by atoms with Gasteiger partial charge in [-0.25, -0.2) is 0 Å². The number of nitrogens with two attached hydrogens (primary N) is 1. The molecule has 18 heavy (non-hydrogen) atoms. The molecule has 0 aliphatic rings. The zero-order valence-electron chi connectivity index (χ0n) is 10.3. The summed E-state index contributed by atoms with van der Waals surface area (Å²) in [6.07, 6.45) is 0. The Labute approximate surface area is 108 Å². The first-order valence-electron chi connectivity index (χ1n) is 5.09. The zero-order valence-corrected chi connectivity index (χ0v) is 11.1. The van der Waals surface area contributed by atoms with Crippen molar-refractivity contribution in [2.45, 2.75) is 0 Å². The Morgan fingerprint density at radius 3 is 2.11 bits per heavy atom. The molecule has 0 unspecified atom stereocenters. The number of nitrogens with zero attached hydrogens (tertiary/aromatic N) is 2. The van der Waals surface area contributed by atoms with E-state index in [1.807, 2.05) is 0 Å². The Kier molecular flexibility index (Phi) is 3.52. The highest BCUT2D eigenvalue weighted by Gasteiger charge is 2.16. The minimum atomic E-state index is 0.404. The molecule has 0 bridgehead atoms. The van der Waals surface area contributed by atoms with E-state index in [1.54, 1.807) is 33.5 Å². The first-order chi connectivity index (χ1) is 8.69. The third kappa shape index (κ3) is 2.17. The van der Waals surface area contributed by atoms with Gasteiger partial charge in [0, 0.05) is 17.6 Å². The summed E-state index contributed by atoms with van der Waals surface area (Å²) in [5, 5.41) is 0.404. The monoisotopic (exact) mass is 267 g/mol. The fourth-order valence-corrected chi connectivity index (χ4v) is 2.00. The van der Waals surface area contributed by atoms with E-state index in [0.717, 1.165) is 11.5 Å². The summed E-state index contributed by atoms with van der Waals surface area (Å²) in [4.78, 5) is 4.13. The Morgan fingerprint density at radius 1 is 1.00 bits per heavy atom. The molecule has 0 fully saturated rings. The van der Waals surface area contributed by atoms with Crippen LogP contribution in [0.2, 0.25) is 0 Å². The second kappa shape index (κ2) is 5.09. The highest BCUT2D eigenvalue weighted by atomic mass is 32.1. The van der Waals surface area contributed by atoms with Gasteiger partial charge in [0.05, 0.1) is 26.9 Å². The van der Waals surface area contributed by atoms with Crippen LogP contribution in [0.15, 0.2) is 12.1 Å². The molecule has 0 saturated heterocycles. The maximum Gasteiger partial charge on any atom is 0.200 e. The summed E-state index contributed by atoms with van der Waals surface area (Å²) in [7, 11) is 4.70. The predicted octanol–water partition coefficient (Wildman–Crippen LogP) is 1.81. The highest BCUT2D eigenvalue weighted by molar-refractivity contribution is 7.09. The van der Waals surface area contributed by atoms with E-state index < -0.39 is 0 Å². The molecular weight excluding hydrogens is 254 g/mol. The number of nitrogen functional groups attached to an aromatic ring is 1. The van der Waals surface area contributed by atoms with Crippen LogP contribution in [-0.4, -0.2) is 30.7 Å². The van der Waals surface area contributed by atoms with Crippen molar-refractivity contribution in [2.75, 3.05) is 27.1 Å². The van der Waals surface area contributed by atoms with Crippen LogP contribution in [0.1, 0.15) is 0 Å². The van der Waals surface area contributed by atoms with Gasteiger partial charge in [-0.2, -0.15) is 9.36 Å². The van der Waals surface area contributed by atoms with Crippen LogP contribution < -0.4 is 19.9 Å². The van der Waals surface area contributed by atoms with Crippen molar-refractivity contribution < 1.29 is 14.2 Å². The lowest BCUT2D eigenvalue weighted by atomic mass is 10.1. The zero-order chi connectivity index (χ0) is 13.1. The van der Waals surface area contributed by atoms with Gasteiger partial charge in [-0.05, 0) is 6.07 Å². The Morgan fingerprint density at radius 2 is 1.61 bits per heavy atom. The van der Waals surface area contributed by atoms with Gasteiger partial charge in [0.15, 0.2) is 22.5 Å². The van der Waals surface area contributed by atoms with Crippen LogP contribution in [0.25, 0.3) is 11.4 Å². The van der Waals surface area contributed by atoms with Crippen molar-refractivity contribution in [1.29, 1.82) is 0 Å². The lowest BCUT2D eigenvalue weighted by Crippen LogP contribution is -1.95. The molecule has 1 heterocycles. The molecule has 0 amide bonds. The van der Waals surface area contributed by atoms with E-state index in [0.29, 0.717) is 33.8 Å². The number of methoxy groups -OCH3 is 3. The third-order valence-corrected chi connectivity index (χ3v) is 2.93. The summed E-state index contributed by atoms with van der Waals surface area (Å²) < 4.78 is 19.9. The van der Waals surface area contributed by atoms with Crippen molar-refractivity contribution in [2.24, 2.45) is 0 Å². The predicted molar refractivity (Wildman–Crippen MR) is 69.4 cm³/mol. The van der Waals surface area contributed by atoms with Crippen LogP contribution in [0.3, 0.4) is 0 Å². The summed E-state index contributed by atoms with van der Waals surface area (Å²) in [6.45, 7) is 0. The van der Waals surface area contributed by atoms with Crippen LogP contribution in [-0.2, 0) is 0 Å². The largest absolute Gasteiger partial charge is 0.496 e. The summed E-state index contributed by atoms with van der Waals surface area (Å²) >= 11 is 1.13. The number of anilines is 1. The highest BCUT2D eigenvalue weighted by Crippen LogP contribution is 2.39. The average Bonchev–Trinajstić information content (AvgIpc) is 2.83. The normalized spacial score (nSPS) is 10.2. The molecule has 2 aromatic rings. The first kappa shape index (κ1) is 12.4. The number of ether oxygens (including phenoxy) is 3. The number of rotatable bonds is 4. The van der Waals surface area contributed by atoms with Gasteiger partial charge in [0.2, 0.25) is 0 Å². The maximum absolute atomic E-state index is 5.58. The molecule has 0 atom stereocenters. The summed E-state index contributed by atoms with van der Waals surface area (Å²) in [6, 6.07) is 3.49. The second-order valence-electron chi connectivity index (χ2n) is 3.36. The molecule has 2 rings (SSSR count). The van der Waals surface area contributed by atoms with Gasteiger partial charge >= 0.3 is 0 Å². The number of hydrogen-bond acceptors (Lipinski definition) is 7. The molecule has 0 aliphatic heterocycles. The van der Waals surface area contributed by atoms with Gasteiger partial charge in [0.25, 0.3) is 0 Å². The topological polar surface area (TPSA) is 79.5 Å². The quantitative estimate of drug-likeness (QED) is 0.910. The second-order valence-corrected chi connectivity index (χ2v) is 4.15. The third-order valence-electron chi connectivity index (χ3n) is 2.39. The molecule has 2 N–H and O–H groups in total. The molecule has 1 aromatic heterocycles. The van der Waals surface area contributed by atoms with Gasteiger partial charge < -0.3 is 19.9 Å². The molecule has 1 aromatic carbocycles. The van der Waals surface area contributed by atoms with Crippen LogP contribution in [0, 0.1) is 0 Å². The van der Waals surface area contributed by atoms with E-state index in [4.69, 9.17) is 19.9 Å². The van der Waals surface area contributed by atoms with Crippen molar-refractivity contribution >= 4 is 16.7 Å². The van der Waals surface area contributed by atoms with Crippen LogP contribution >= 0.6 is 11.5 Å².